The monoisotopic (exact) mass is 470 g/mol. The van der Waals surface area contributed by atoms with Gasteiger partial charge in [0.25, 0.3) is 0 Å². The van der Waals surface area contributed by atoms with Gasteiger partial charge in [-0.25, -0.2) is 0 Å². The molecule has 0 aliphatic rings. The molecule has 2 nitrogen and oxygen atoms in total. The van der Waals surface area contributed by atoms with Crippen LogP contribution >= 0.6 is 11.8 Å². The third-order valence-electron chi connectivity index (χ3n) is 6.39. The molecule has 2 aromatic carbocycles. The summed E-state index contributed by atoms with van der Waals surface area (Å²) >= 11 is 1.61. The fourth-order valence-electron chi connectivity index (χ4n) is 5.64. The van der Waals surface area contributed by atoms with Gasteiger partial charge in [0.1, 0.15) is 11.5 Å². The molecule has 2 rings (SSSR count). The quantitative estimate of drug-likeness (QED) is 0.442. The van der Waals surface area contributed by atoms with Crippen LogP contribution in [0.25, 0.3) is 0 Å². The predicted octanol–water partition coefficient (Wildman–Crippen LogP) is 9.29. The van der Waals surface area contributed by atoms with Gasteiger partial charge in [0.15, 0.2) is 0 Å². The maximum Gasteiger partial charge on any atom is 0.123 e. The molecule has 184 valence electrons. The number of phenolic OH excluding ortho intramolecular Hbond substituents is 2. The van der Waals surface area contributed by atoms with Crippen LogP contribution in [0.4, 0.5) is 0 Å². The zero-order valence-corrected chi connectivity index (χ0v) is 23.8. The standard InChI is InChI=1S/C30H46O2S/c1-19-23(15-13-21(25(19)31)29(9,10)17-27(3,4)5)33-24-16-14-22(26(32)20(24)2)30(11,12)18-28(6,7)8/h13-16,31-32H,17-18H2,1-12H3. The molecule has 0 amide bonds. The first-order chi connectivity index (χ1) is 14.8. The SMILES string of the molecule is Cc1c(Sc2ccc(C(C)(C)CC(C)(C)C)c(O)c2C)ccc(C(C)(C)CC(C)(C)C)c1O. The second-order valence-electron chi connectivity index (χ2n) is 13.5. The first-order valence-electron chi connectivity index (χ1n) is 12.1. The Morgan fingerprint density at radius 3 is 1.15 bits per heavy atom. The van der Waals surface area contributed by atoms with Crippen molar-refractivity contribution in [3.8, 4) is 11.5 Å². The molecular weight excluding hydrogens is 424 g/mol. The van der Waals surface area contributed by atoms with E-state index in [1.165, 1.54) is 0 Å². The van der Waals surface area contributed by atoms with E-state index in [9.17, 15) is 10.2 Å². The number of aromatic hydroxyl groups is 2. The number of phenols is 2. The van der Waals surface area contributed by atoms with Crippen molar-refractivity contribution in [1.82, 2.24) is 0 Å². The molecule has 0 fully saturated rings. The second kappa shape index (κ2) is 9.21. The summed E-state index contributed by atoms with van der Waals surface area (Å²) in [5, 5.41) is 22.2. The summed E-state index contributed by atoms with van der Waals surface area (Å²) in [5.41, 5.74) is 3.90. The van der Waals surface area contributed by atoms with Gasteiger partial charge in [-0.15, -0.1) is 0 Å². The molecule has 0 saturated heterocycles. The number of hydrogen-bond acceptors (Lipinski definition) is 3. The molecule has 0 radical (unpaired) electrons. The smallest absolute Gasteiger partial charge is 0.123 e. The van der Waals surface area contributed by atoms with Gasteiger partial charge in [-0.1, -0.05) is 93.1 Å². The van der Waals surface area contributed by atoms with Gasteiger partial charge in [-0.3, -0.25) is 0 Å². The Labute approximate surface area is 207 Å². The molecule has 3 heteroatoms. The molecule has 0 bridgehead atoms. The van der Waals surface area contributed by atoms with Crippen molar-refractivity contribution in [2.45, 2.75) is 117 Å². The highest BCUT2D eigenvalue weighted by molar-refractivity contribution is 7.99. The maximum atomic E-state index is 11.1. The third-order valence-corrected chi connectivity index (χ3v) is 7.71. The van der Waals surface area contributed by atoms with Gasteiger partial charge in [-0.05, 0) is 71.6 Å². The van der Waals surface area contributed by atoms with E-state index < -0.39 is 0 Å². The van der Waals surface area contributed by atoms with Gasteiger partial charge in [0, 0.05) is 20.9 Å². The lowest BCUT2D eigenvalue weighted by atomic mass is 9.72. The number of rotatable bonds is 6. The molecule has 0 heterocycles. The Morgan fingerprint density at radius 1 is 0.576 bits per heavy atom. The summed E-state index contributed by atoms with van der Waals surface area (Å²) in [6.45, 7) is 26.3. The van der Waals surface area contributed by atoms with Crippen LogP contribution in [0.1, 0.15) is 104 Å². The first kappa shape index (κ1) is 27.6. The Balaban J connectivity index is 2.41. The largest absolute Gasteiger partial charge is 0.507 e. The average molecular weight is 471 g/mol. The van der Waals surface area contributed by atoms with E-state index in [4.69, 9.17) is 0 Å². The van der Waals surface area contributed by atoms with Crippen molar-refractivity contribution in [3.63, 3.8) is 0 Å². The van der Waals surface area contributed by atoms with Crippen LogP contribution in [-0.4, -0.2) is 10.2 Å². The third kappa shape index (κ3) is 6.72. The van der Waals surface area contributed by atoms with Crippen LogP contribution < -0.4 is 0 Å². The highest BCUT2D eigenvalue weighted by atomic mass is 32.2. The van der Waals surface area contributed by atoms with E-state index in [1.807, 2.05) is 13.8 Å². The highest BCUT2D eigenvalue weighted by Crippen LogP contribution is 2.47. The van der Waals surface area contributed by atoms with Crippen molar-refractivity contribution in [2.75, 3.05) is 0 Å². The Bertz CT molecular complexity index is 920. The molecule has 2 N–H and O–H groups in total. The predicted molar refractivity (Wildman–Crippen MR) is 144 cm³/mol. The summed E-state index contributed by atoms with van der Waals surface area (Å²) in [6, 6.07) is 8.39. The number of hydrogen-bond donors (Lipinski definition) is 2. The van der Waals surface area contributed by atoms with Crippen molar-refractivity contribution < 1.29 is 10.2 Å². The van der Waals surface area contributed by atoms with Crippen LogP contribution in [0.2, 0.25) is 0 Å². The molecule has 0 aliphatic carbocycles. The summed E-state index contributed by atoms with van der Waals surface area (Å²) in [5.74, 6) is 0.776. The molecular formula is C30H46O2S. The van der Waals surface area contributed by atoms with Gasteiger partial charge >= 0.3 is 0 Å². The molecule has 0 aromatic heterocycles. The van der Waals surface area contributed by atoms with Crippen LogP contribution in [0.15, 0.2) is 34.1 Å². The molecule has 0 unspecified atom stereocenters. The fourth-order valence-corrected chi connectivity index (χ4v) is 6.65. The molecule has 0 atom stereocenters. The Morgan fingerprint density at radius 2 is 0.879 bits per heavy atom. The zero-order valence-electron chi connectivity index (χ0n) is 23.0. The molecule has 0 saturated carbocycles. The van der Waals surface area contributed by atoms with E-state index >= 15 is 0 Å². The highest BCUT2D eigenvalue weighted by Gasteiger charge is 2.32. The molecule has 0 aliphatic heterocycles. The summed E-state index contributed by atoms with van der Waals surface area (Å²) in [4.78, 5) is 2.04. The molecule has 2 aromatic rings. The van der Waals surface area contributed by atoms with E-state index in [0.29, 0.717) is 11.5 Å². The van der Waals surface area contributed by atoms with E-state index in [0.717, 1.165) is 44.9 Å². The minimum Gasteiger partial charge on any atom is -0.507 e. The summed E-state index contributed by atoms with van der Waals surface area (Å²) in [6.07, 6.45) is 1.97. The topological polar surface area (TPSA) is 40.5 Å². The van der Waals surface area contributed by atoms with Gasteiger partial charge in [0.2, 0.25) is 0 Å². The zero-order chi connectivity index (χ0) is 25.6. The van der Waals surface area contributed by atoms with E-state index in [1.54, 1.807) is 11.8 Å². The second-order valence-corrected chi connectivity index (χ2v) is 14.6. The fraction of sp³-hybridized carbons (Fsp3) is 0.600. The Hall–Kier alpha value is -1.61. The maximum absolute atomic E-state index is 11.1. The van der Waals surface area contributed by atoms with Crippen LogP contribution in [0.3, 0.4) is 0 Å². The van der Waals surface area contributed by atoms with Gasteiger partial charge in [-0.2, -0.15) is 0 Å². The lowest BCUT2D eigenvalue weighted by molar-refractivity contribution is 0.277. The normalized spacial score (nSPS) is 13.5. The lowest BCUT2D eigenvalue weighted by Gasteiger charge is -2.34. The van der Waals surface area contributed by atoms with Crippen molar-refractivity contribution in [3.05, 3.63) is 46.5 Å². The summed E-state index contributed by atoms with van der Waals surface area (Å²) < 4.78 is 0. The van der Waals surface area contributed by atoms with Crippen molar-refractivity contribution in [1.29, 1.82) is 0 Å². The minimum atomic E-state index is -0.120. The van der Waals surface area contributed by atoms with Crippen molar-refractivity contribution >= 4 is 11.8 Å². The summed E-state index contributed by atoms with van der Waals surface area (Å²) in [7, 11) is 0. The molecule has 0 spiro atoms. The Kier molecular flexibility index (Phi) is 7.71. The van der Waals surface area contributed by atoms with Gasteiger partial charge < -0.3 is 10.2 Å². The van der Waals surface area contributed by atoms with Crippen LogP contribution in [0.5, 0.6) is 11.5 Å². The van der Waals surface area contributed by atoms with Crippen LogP contribution in [0, 0.1) is 24.7 Å². The van der Waals surface area contributed by atoms with Crippen molar-refractivity contribution in [2.24, 2.45) is 10.8 Å². The first-order valence-corrected chi connectivity index (χ1v) is 12.9. The molecule has 33 heavy (non-hydrogen) atoms. The van der Waals surface area contributed by atoms with E-state index in [2.05, 4.69) is 93.5 Å². The number of benzene rings is 2. The van der Waals surface area contributed by atoms with E-state index in [-0.39, 0.29) is 21.7 Å². The lowest BCUT2D eigenvalue weighted by Crippen LogP contribution is -2.25. The van der Waals surface area contributed by atoms with Crippen LogP contribution in [-0.2, 0) is 10.8 Å². The van der Waals surface area contributed by atoms with Gasteiger partial charge in [0.05, 0.1) is 0 Å². The minimum absolute atomic E-state index is 0.120. The average Bonchev–Trinajstić information content (AvgIpc) is 2.58.